The molecule has 2 aliphatic rings. The Morgan fingerprint density at radius 3 is 2.59 bits per heavy atom. The first kappa shape index (κ1) is 26.9. The zero-order chi connectivity index (χ0) is 28.5. The van der Waals surface area contributed by atoms with Crippen molar-refractivity contribution in [1.82, 2.24) is 24.4 Å². The van der Waals surface area contributed by atoms with Crippen LogP contribution in [-0.2, 0) is 6.54 Å². The van der Waals surface area contributed by atoms with E-state index in [-0.39, 0.29) is 11.9 Å². The molecule has 212 valence electrons. The van der Waals surface area contributed by atoms with Gasteiger partial charge in [-0.25, -0.2) is 18.3 Å². The number of hydrogen-bond donors (Lipinski definition) is 1. The van der Waals surface area contributed by atoms with Crippen LogP contribution in [0.5, 0.6) is 0 Å². The van der Waals surface area contributed by atoms with E-state index in [4.69, 9.17) is 4.98 Å². The first-order valence-corrected chi connectivity index (χ1v) is 13.9. The topological polar surface area (TPSA) is 69.0 Å². The van der Waals surface area contributed by atoms with Gasteiger partial charge in [-0.3, -0.25) is 9.69 Å². The lowest BCUT2D eigenvalue weighted by atomic mass is 10.0. The number of piperazine rings is 1. The molecule has 2 saturated heterocycles. The number of halogens is 2. The molecule has 4 aromatic rings. The van der Waals surface area contributed by atoms with Gasteiger partial charge in [0.1, 0.15) is 23.1 Å². The Bertz CT molecular complexity index is 1580. The Hall–Kier alpha value is -4.31. The quantitative estimate of drug-likeness (QED) is 0.335. The van der Waals surface area contributed by atoms with E-state index in [1.54, 1.807) is 23.0 Å². The number of aromatic nitrogens is 3. The second-order valence-corrected chi connectivity index (χ2v) is 10.8. The Balaban J connectivity index is 1.15. The molecule has 0 saturated carbocycles. The molecule has 0 radical (unpaired) electrons. The van der Waals surface area contributed by atoms with Gasteiger partial charge in [-0.15, -0.1) is 0 Å². The fourth-order valence-corrected chi connectivity index (χ4v) is 5.74. The maximum absolute atomic E-state index is 14.6. The standard InChI is InChI=1S/C31H33F2N7O/c1-21(2)38-16-14-37(15-17-38)20-22-5-7-23(8-6-22)31(41)35-27-19-34-40-13-11-29(36-30(27)40)39-12-3-4-28(39)25-18-24(32)9-10-26(25)33/h5-11,13,18-19,28H,1,3-4,12,14-17,20H2,2H3,(H,35,41). The molecule has 0 spiro atoms. The van der Waals surface area contributed by atoms with E-state index in [9.17, 15) is 13.6 Å². The molecule has 41 heavy (non-hydrogen) atoms. The van der Waals surface area contributed by atoms with Gasteiger partial charge in [-0.05, 0) is 61.7 Å². The highest BCUT2D eigenvalue weighted by Crippen LogP contribution is 2.37. The number of allylic oxidation sites excluding steroid dienone is 1. The van der Waals surface area contributed by atoms with E-state index in [2.05, 4.69) is 26.8 Å². The predicted octanol–water partition coefficient (Wildman–Crippen LogP) is 5.25. The van der Waals surface area contributed by atoms with Crippen molar-refractivity contribution in [3.63, 3.8) is 0 Å². The van der Waals surface area contributed by atoms with Crippen LogP contribution in [0.1, 0.15) is 47.3 Å². The lowest BCUT2D eigenvalue weighted by molar-refractivity contribution is 0.102. The molecule has 4 heterocycles. The molecule has 1 N–H and O–H groups in total. The highest BCUT2D eigenvalue weighted by molar-refractivity contribution is 6.06. The van der Waals surface area contributed by atoms with Gasteiger partial charge in [-0.2, -0.15) is 5.10 Å². The summed E-state index contributed by atoms with van der Waals surface area (Å²) in [7, 11) is 0. The van der Waals surface area contributed by atoms with Gasteiger partial charge in [0.05, 0.1) is 12.2 Å². The van der Waals surface area contributed by atoms with Crippen LogP contribution in [0, 0.1) is 11.6 Å². The van der Waals surface area contributed by atoms with Crippen LogP contribution >= 0.6 is 0 Å². The molecule has 6 rings (SSSR count). The van der Waals surface area contributed by atoms with Crippen molar-refractivity contribution in [2.75, 3.05) is 42.9 Å². The summed E-state index contributed by atoms with van der Waals surface area (Å²) in [4.78, 5) is 24.6. The number of carbonyl (C=O) groups is 1. The first-order chi connectivity index (χ1) is 19.9. The van der Waals surface area contributed by atoms with Crippen LogP contribution in [0.25, 0.3) is 5.65 Å². The molecule has 10 heteroatoms. The van der Waals surface area contributed by atoms with Crippen LogP contribution in [0.3, 0.4) is 0 Å². The second-order valence-electron chi connectivity index (χ2n) is 10.8. The SMILES string of the molecule is C=C(C)N1CCN(Cc2ccc(C(=O)Nc3cnn4ccc(N5CCCC5c5cc(F)ccc5F)nc34)cc2)CC1. The molecule has 1 atom stereocenters. The van der Waals surface area contributed by atoms with E-state index in [1.807, 2.05) is 36.1 Å². The minimum absolute atomic E-state index is 0.255. The summed E-state index contributed by atoms with van der Waals surface area (Å²) in [5.74, 6) is -0.535. The lowest BCUT2D eigenvalue weighted by Gasteiger charge is -2.36. The minimum Gasteiger partial charge on any atom is -0.373 e. The van der Waals surface area contributed by atoms with Crippen LogP contribution in [-0.4, -0.2) is 63.0 Å². The maximum atomic E-state index is 14.6. The minimum atomic E-state index is -0.466. The molecule has 2 fully saturated rings. The maximum Gasteiger partial charge on any atom is 0.255 e. The molecule has 2 aliphatic heterocycles. The Kier molecular flexibility index (Phi) is 7.40. The number of nitrogens with one attached hydrogen (secondary N) is 1. The second kappa shape index (κ2) is 11.3. The van der Waals surface area contributed by atoms with Gasteiger partial charge in [0, 0.05) is 62.3 Å². The summed E-state index contributed by atoms with van der Waals surface area (Å²) in [5.41, 5.74) is 4.08. The molecular formula is C31H33F2N7O. The van der Waals surface area contributed by atoms with Crippen molar-refractivity contribution in [2.45, 2.75) is 32.4 Å². The molecule has 2 aromatic carbocycles. The number of carbonyl (C=O) groups excluding carboxylic acids is 1. The van der Waals surface area contributed by atoms with Crippen molar-refractivity contribution in [3.8, 4) is 0 Å². The molecule has 1 amide bonds. The summed E-state index contributed by atoms with van der Waals surface area (Å²) in [5, 5.41) is 7.27. The van der Waals surface area contributed by atoms with Gasteiger partial charge >= 0.3 is 0 Å². The van der Waals surface area contributed by atoms with E-state index in [1.165, 1.54) is 12.1 Å². The fourth-order valence-electron chi connectivity index (χ4n) is 5.74. The van der Waals surface area contributed by atoms with E-state index >= 15 is 0 Å². The molecule has 1 unspecified atom stereocenters. The summed E-state index contributed by atoms with van der Waals surface area (Å²) >= 11 is 0. The summed E-state index contributed by atoms with van der Waals surface area (Å²) in [6.45, 7) is 11.5. The number of rotatable bonds is 7. The number of anilines is 2. The zero-order valence-electron chi connectivity index (χ0n) is 23.1. The van der Waals surface area contributed by atoms with E-state index in [0.717, 1.165) is 56.5 Å². The molecule has 0 aliphatic carbocycles. The molecule has 8 nitrogen and oxygen atoms in total. The smallest absolute Gasteiger partial charge is 0.255 e. The molecular weight excluding hydrogens is 524 g/mol. The summed E-state index contributed by atoms with van der Waals surface area (Å²) in [6.07, 6.45) is 4.85. The van der Waals surface area contributed by atoms with E-state index < -0.39 is 11.6 Å². The number of benzene rings is 2. The summed E-state index contributed by atoms with van der Waals surface area (Å²) < 4.78 is 30.1. The number of nitrogens with zero attached hydrogens (tertiary/aromatic N) is 6. The van der Waals surface area contributed by atoms with Gasteiger partial charge in [0.25, 0.3) is 5.91 Å². The van der Waals surface area contributed by atoms with Gasteiger partial charge < -0.3 is 15.1 Å². The average molecular weight is 558 g/mol. The van der Waals surface area contributed by atoms with Crippen LogP contribution in [0.4, 0.5) is 20.3 Å². The highest BCUT2D eigenvalue weighted by Gasteiger charge is 2.30. The van der Waals surface area contributed by atoms with Crippen molar-refractivity contribution < 1.29 is 13.6 Å². The normalized spacial score (nSPS) is 17.8. The Morgan fingerprint density at radius 1 is 1.05 bits per heavy atom. The van der Waals surface area contributed by atoms with Crippen molar-refractivity contribution >= 4 is 23.1 Å². The fraction of sp³-hybridized carbons (Fsp3) is 0.323. The Labute approximate surface area is 237 Å². The van der Waals surface area contributed by atoms with Gasteiger partial charge in [0.2, 0.25) is 0 Å². The van der Waals surface area contributed by atoms with E-state index in [0.29, 0.717) is 41.2 Å². The van der Waals surface area contributed by atoms with Crippen LogP contribution < -0.4 is 10.2 Å². The number of fused-ring (bicyclic) bond motifs is 1. The molecule has 0 bridgehead atoms. The highest BCUT2D eigenvalue weighted by atomic mass is 19.1. The largest absolute Gasteiger partial charge is 0.373 e. The third kappa shape index (κ3) is 5.65. The van der Waals surface area contributed by atoms with Crippen LogP contribution in [0.2, 0.25) is 0 Å². The van der Waals surface area contributed by atoms with Crippen molar-refractivity contribution in [2.24, 2.45) is 0 Å². The monoisotopic (exact) mass is 557 g/mol. The van der Waals surface area contributed by atoms with Gasteiger partial charge in [-0.1, -0.05) is 18.7 Å². The van der Waals surface area contributed by atoms with Crippen molar-refractivity contribution in [1.29, 1.82) is 0 Å². The first-order valence-electron chi connectivity index (χ1n) is 13.9. The summed E-state index contributed by atoms with van der Waals surface area (Å²) in [6, 6.07) is 12.7. The Morgan fingerprint density at radius 2 is 1.83 bits per heavy atom. The predicted molar refractivity (Wildman–Crippen MR) is 155 cm³/mol. The van der Waals surface area contributed by atoms with Crippen molar-refractivity contribution in [3.05, 3.63) is 102 Å². The zero-order valence-corrected chi connectivity index (χ0v) is 23.1. The number of amides is 1. The van der Waals surface area contributed by atoms with Gasteiger partial charge in [0.15, 0.2) is 5.65 Å². The van der Waals surface area contributed by atoms with Crippen LogP contribution in [0.15, 0.2) is 73.2 Å². The lowest BCUT2D eigenvalue weighted by Crippen LogP contribution is -2.44. The third-order valence-corrected chi connectivity index (χ3v) is 8.00. The average Bonchev–Trinajstić information content (AvgIpc) is 3.62. The molecule has 2 aromatic heterocycles. The third-order valence-electron chi connectivity index (χ3n) is 8.00. The number of hydrogen-bond acceptors (Lipinski definition) is 6.